The lowest BCUT2D eigenvalue weighted by Crippen LogP contribution is -1.81. The van der Waals surface area contributed by atoms with Crippen molar-refractivity contribution in [1.29, 1.82) is 0 Å². The Morgan fingerprint density at radius 1 is 1.25 bits per heavy atom. The van der Waals surface area contributed by atoms with E-state index in [1.165, 1.54) is 0 Å². The van der Waals surface area contributed by atoms with Crippen LogP contribution in [0.2, 0.25) is 0 Å². The van der Waals surface area contributed by atoms with Crippen LogP contribution in [-0.4, -0.2) is 9.97 Å². The van der Waals surface area contributed by atoms with E-state index in [9.17, 15) is 0 Å². The monoisotopic (exact) mass is 160 g/mol. The molecule has 0 N–H and O–H groups in total. The molecule has 0 radical (unpaired) electrons. The summed E-state index contributed by atoms with van der Waals surface area (Å²) in [5, 5.41) is 0. The van der Waals surface area contributed by atoms with Gasteiger partial charge in [-0.1, -0.05) is 0 Å². The molecule has 0 aliphatic heterocycles. The molecule has 3 heteroatoms. The lowest BCUT2D eigenvalue weighted by Gasteiger charge is -1.94. The van der Waals surface area contributed by atoms with Crippen molar-refractivity contribution in [3.8, 4) is 11.5 Å². The number of rotatable bonds is 1. The Balaban J connectivity index is 2.43. The second-order valence-electron chi connectivity index (χ2n) is 2.53. The second kappa shape index (κ2) is 2.77. The van der Waals surface area contributed by atoms with E-state index < -0.39 is 0 Å². The van der Waals surface area contributed by atoms with Gasteiger partial charge in [0.15, 0.2) is 0 Å². The van der Waals surface area contributed by atoms with Crippen LogP contribution < -0.4 is 0 Å². The highest BCUT2D eigenvalue weighted by atomic mass is 16.3. The van der Waals surface area contributed by atoms with Crippen molar-refractivity contribution in [3.05, 3.63) is 36.5 Å². The van der Waals surface area contributed by atoms with Gasteiger partial charge in [-0.15, -0.1) is 0 Å². The van der Waals surface area contributed by atoms with Gasteiger partial charge in [0.25, 0.3) is 0 Å². The highest BCUT2D eigenvalue weighted by Crippen LogP contribution is 2.14. The Hall–Kier alpha value is -1.64. The molecular formula is C9H8N2O. The SMILES string of the molecule is Cc1ccc(-c2ncco2)cn1. The summed E-state index contributed by atoms with van der Waals surface area (Å²) >= 11 is 0. The topological polar surface area (TPSA) is 38.9 Å². The summed E-state index contributed by atoms with van der Waals surface area (Å²) in [5.74, 6) is 0.613. The molecule has 0 fully saturated rings. The van der Waals surface area contributed by atoms with Crippen molar-refractivity contribution in [1.82, 2.24) is 9.97 Å². The van der Waals surface area contributed by atoms with Gasteiger partial charge in [-0.05, 0) is 19.1 Å². The molecule has 2 heterocycles. The van der Waals surface area contributed by atoms with Crippen LogP contribution >= 0.6 is 0 Å². The minimum atomic E-state index is 0.613. The average molecular weight is 160 g/mol. The molecule has 0 aliphatic rings. The zero-order valence-corrected chi connectivity index (χ0v) is 6.69. The van der Waals surface area contributed by atoms with Crippen LogP contribution in [0.3, 0.4) is 0 Å². The number of nitrogens with zero attached hydrogens (tertiary/aromatic N) is 2. The molecule has 0 unspecified atom stereocenters. The molecule has 0 aromatic carbocycles. The maximum atomic E-state index is 5.11. The third-order valence-electron chi connectivity index (χ3n) is 1.59. The average Bonchev–Trinajstić information content (AvgIpc) is 2.58. The lowest BCUT2D eigenvalue weighted by molar-refractivity contribution is 0.574. The van der Waals surface area contributed by atoms with Crippen LogP contribution in [0, 0.1) is 6.92 Å². The third kappa shape index (κ3) is 1.21. The lowest BCUT2D eigenvalue weighted by atomic mass is 10.2. The molecule has 2 aromatic heterocycles. The van der Waals surface area contributed by atoms with E-state index in [0.717, 1.165) is 11.3 Å². The summed E-state index contributed by atoms with van der Waals surface area (Å²) in [6.45, 7) is 1.94. The molecule has 3 nitrogen and oxygen atoms in total. The van der Waals surface area contributed by atoms with Gasteiger partial charge in [0, 0.05) is 11.9 Å². The van der Waals surface area contributed by atoms with Crippen LogP contribution in [0.5, 0.6) is 0 Å². The maximum absolute atomic E-state index is 5.11. The van der Waals surface area contributed by atoms with Gasteiger partial charge in [0.1, 0.15) is 6.26 Å². The third-order valence-corrected chi connectivity index (χ3v) is 1.59. The van der Waals surface area contributed by atoms with Crippen molar-refractivity contribution in [2.24, 2.45) is 0 Å². The molecule has 0 saturated heterocycles. The van der Waals surface area contributed by atoms with Crippen LogP contribution in [0.4, 0.5) is 0 Å². The van der Waals surface area contributed by atoms with Gasteiger partial charge in [0.2, 0.25) is 5.89 Å². The summed E-state index contributed by atoms with van der Waals surface area (Å²) in [5.41, 5.74) is 1.90. The molecule has 0 atom stereocenters. The second-order valence-corrected chi connectivity index (χ2v) is 2.53. The van der Waals surface area contributed by atoms with E-state index in [2.05, 4.69) is 9.97 Å². The first-order valence-corrected chi connectivity index (χ1v) is 3.69. The Labute approximate surface area is 70.1 Å². The van der Waals surface area contributed by atoms with Gasteiger partial charge in [-0.3, -0.25) is 4.98 Å². The number of oxazole rings is 1. The highest BCUT2D eigenvalue weighted by Gasteiger charge is 2.00. The quantitative estimate of drug-likeness (QED) is 0.640. The first-order chi connectivity index (χ1) is 5.86. The van der Waals surface area contributed by atoms with Crippen molar-refractivity contribution in [2.45, 2.75) is 6.92 Å². The Kier molecular flexibility index (Phi) is 1.63. The van der Waals surface area contributed by atoms with E-state index in [4.69, 9.17) is 4.42 Å². The van der Waals surface area contributed by atoms with Gasteiger partial charge < -0.3 is 4.42 Å². The number of aromatic nitrogens is 2. The molecule has 0 bridgehead atoms. The summed E-state index contributed by atoms with van der Waals surface area (Å²) in [7, 11) is 0. The normalized spacial score (nSPS) is 10.1. The fourth-order valence-electron chi connectivity index (χ4n) is 0.960. The molecule has 0 spiro atoms. The molecular weight excluding hydrogens is 152 g/mol. The first kappa shape index (κ1) is 7.03. The largest absolute Gasteiger partial charge is 0.444 e. The summed E-state index contributed by atoms with van der Waals surface area (Å²) in [6.07, 6.45) is 4.92. The van der Waals surface area contributed by atoms with E-state index in [0.29, 0.717) is 5.89 Å². The van der Waals surface area contributed by atoms with Crippen LogP contribution in [0.1, 0.15) is 5.69 Å². The Morgan fingerprint density at radius 2 is 2.17 bits per heavy atom. The minimum absolute atomic E-state index is 0.613. The van der Waals surface area contributed by atoms with E-state index in [-0.39, 0.29) is 0 Å². The van der Waals surface area contributed by atoms with Gasteiger partial charge >= 0.3 is 0 Å². The maximum Gasteiger partial charge on any atom is 0.227 e. The predicted molar refractivity (Wildman–Crippen MR) is 44.5 cm³/mol. The van der Waals surface area contributed by atoms with E-state index in [1.807, 2.05) is 19.1 Å². The van der Waals surface area contributed by atoms with Crippen LogP contribution in [0.15, 0.2) is 35.2 Å². The molecule has 0 aliphatic carbocycles. The molecule has 2 aromatic rings. The van der Waals surface area contributed by atoms with Crippen molar-refractivity contribution < 1.29 is 4.42 Å². The molecule has 0 saturated carbocycles. The summed E-state index contributed by atoms with van der Waals surface area (Å²) < 4.78 is 5.11. The summed E-state index contributed by atoms with van der Waals surface area (Å²) in [4.78, 5) is 8.14. The Morgan fingerprint density at radius 3 is 2.75 bits per heavy atom. The first-order valence-electron chi connectivity index (χ1n) is 3.69. The summed E-state index contributed by atoms with van der Waals surface area (Å²) in [6, 6.07) is 3.87. The Bertz CT molecular complexity index is 351. The van der Waals surface area contributed by atoms with Crippen LogP contribution in [0.25, 0.3) is 11.5 Å². The zero-order chi connectivity index (χ0) is 8.39. The van der Waals surface area contributed by atoms with Crippen molar-refractivity contribution in [2.75, 3.05) is 0 Å². The predicted octanol–water partition coefficient (Wildman–Crippen LogP) is 2.05. The smallest absolute Gasteiger partial charge is 0.227 e. The standard InChI is InChI=1S/C9H8N2O/c1-7-2-3-8(6-11-7)9-10-4-5-12-9/h2-6H,1H3. The number of aryl methyl sites for hydroxylation is 1. The molecule has 2 rings (SSSR count). The molecule has 60 valence electrons. The van der Waals surface area contributed by atoms with Crippen molar-refractivity contribution >= 4 is 0 Å². The van der Waals surface area contributed by atoms with Gasteiger partial charge in [-0.2, -0.15) is 0 Å². The van der Waals surface area contributed by atoms with E-state index in [1.54, 1.807) is 18.7 Å². The van der Waals surface area contributed by atoms with Crippen LogP contribution in [-0.2, 0) is 0 Å². The fourth-order valence-corrected chi connectivity index (χ4v) is 0.960. The fraction of sp³-hybridized carbons (Fsp3) is 0.111. The zero-order valence-electron chi connectivity index (χ0n) is 6.69. The minimum Gasteiger partial charge on any atom is -0.444 e. The van der Waals surface area contributed by atoms with E-state index >= 15 is 0 Å². The van der Waals surface area contributed by atoms with Gasteiger partial charge in [0.05, 0.1) is 11.8 Å². The molecule has 12 heavy (non-hydrogen) atoms. The number of pyridine rings is 1. The molecule has 0 amide bonds. The van der Waals surface area contributed by atoms with Gasteiger partial charge in [-0.25, -0.2) is 4.98 Å². The highest BCUT2D eigenvalue weighted by molar-refractivity contribution is 5.50. The number of hydrogen-bond acceptors (Lipinski definition) is 3. The number of hydrogen-bond donors (Lipinski definition) is 0. The van der Waals surface area contributed by atoms with Crippen molar-refractivity contribution in [3.63, 3.8) is 0 Å².